The summed E-state index contributed by atoms with van der Waals surface area (Å²) < 4.78 is 26.8. The molecule has 1 unspecified atom stereocenters. The predicted molar refractivity (Wildman–Crippen MR) is 97.3 cm³/mol. The van der Waals surface area contributed by atoms with Crippen LogP contribution in [0.25, 0.3) is 0 Å². The zero-order valence-corrected chi connectivity index (χ0v) is 15.9. The van der Waals surface area contributed by atoms with Gasteiger partial charge in [-0.25, -0.2) is 13.1 Å². The summed E-state index contributed by atoms with van der Waals surface area (Å²) in [5.41, 5.74) is 6.87. The fourth-order valence-electron chi connectivity index (χ4n) is 2.31. The molecule has 0 saturated heterocycles. The molecule has 0 heterocycles. The topological polar surface area (TPSA) is 89.3 Å². The average Bonchev–Trinajstić information content (AvgIpc) is 2.45. The van der Waals surface area contributed by atoms with Gasteiger partial charge in [-0.15, -0.1) is 0 Å². The van der Waals surface area contributed by atoms with Gasteiger partial charge in [0.25, 0.3) is 0 Å². The van der Waals surface area contributed by atoms with Crippen LogP contribution < -0.4 is 10.5 Å². The Morgan fingerprint density at radius 1 is 1.17 bits per heavy atom. The molecule has 0 spiro atoms. The van der Waals surface area contributed by atoms with Crippen LogP contribution in [-0.4, -0.2) is 26.8 Å². The molecule has 6 heteroatoms. The van der Waals surface area contributed by atoms with E-state index in [1.807, 2.05) is 27.7 Å². The van der Waals surface area contributed by atoms with E-state index < -0.39 is 16.1 Å². The second-order valence-electron chi connectivity index (χ2n) is 7.52. The van der Waals surface area contributed by atoms with Crippen molar-refractivity contribution >= 4 is 15.8 Å². The third kappa shape index (κ3) is 7.55. The molecule has 1 atom stereocenters. The Kier molecular flexibility index (Phi) is 7.57. The van der Waals surface area contributed by atoms with E-state index in [4.69, 9.17) is 5.73 Å². The normalized spacial score (nSPS) is 13.7. The van der Waals surface area contributed by atoms with Gasteiger partial charge in [0.05, 0.1) is 10.9 Å². The van der Waals surface area contributed by atoms with Gasteiger partial charge in [-0.05, 0) is 37.3 Å². The van der Waals surface area contributed by atoms with Gasteiger partial charge >= 0.3 is 0 Å². The number of carbonyl (C=O) groups is 1. The van der Waals surface area contributed by atoms with Crippen molar-refractivity contribution in [2.45, 2.75) is 64.3 Å². The van der Waals surface area contributed by atoms with Crippen LogP contribution in [0.4, 0.5) is 0 Å². The lowest BCUT2D eigenvalue weighted by atomic mass is 9.87. The number of nitrogens with one attached hydrogen (secondary N) is 1. The fraction of sp³-hybridized carbons (Fsp3) is 0.611. The van der Waals surface area contributed by atoms with Gasteiger partial charge in [-0.2, -0.15) is 0 Å². The quantitative estimate of drug-likeness (QED) is 0.667. The molecule has 0 aliphatic rings. The third-order valence-corrected chi connectivity index (χ3v) is 5.16. The van der Waals surface area contributed by atoms with Gasteiger partial charge in [0, 0.05) is 13.0 Å². The van der Waals surface area contributed by atoms with Crippen molar-refractivity contribution in [2.75, 3.05) is 6.54 Å². The maximum absolute atomic E-state index is 12.1. The molecule has 5 nitrogen and oxygen atoms in total. The van der Waals surface area contributed by atoms with Gasteiger partial charge in [0.15, 0.2) is 0 Å². The standard InChI is InChI=1S/C18H30N2O3S/c1-14-8-10-15(11-9-14)24(22,23)20-12-6-5-7-16(19)17(21)13-18(2,3)4/h8-11,16,20H,5-7,12-13,19H2,1-4H3. The molecule has 0 amide bonds. The molecule has 3 N–H and O–H groups in total. The van der Waals surface area contributed by atoms with Crippen molar-refractivity contribution < 1.29 is 13.2 Å². The Morgan fingerprint density at radius 3 is 2.29 bits per heavy atom. The monoisotopic (exact) mass is 354 g/mol. The van der Waals surface area contributed by atoms with Crippen molar-refractivity contribution in [2.24, 2.45) is 11.1 Å². The van der Waals surface area contributed by atoms with E-state index in [-0.39, 0.29) is 16.1 Å². The maximum Gasteiger partial charge on any atom is 0.240 e. The van der Waals surface area contributed by atoms with E-state index in [1.54, 1.807) is 24.3 Å². The van der Waals surface area contributed by atoms with Crippen LogP contribution in [0.2, 0.25) is 0 Å². The zero-order valence-electron chi connectivity index (χ0n) is 15.1. The smallest absolute Gasteiger partial charge is 0.240 e. The van der Waals surface area contributed by atoms with Crippen molar-refractivity contribution in [3.8, 4) is 0 Å². The van der Waals surface area contributed by atoms with Gasteiger partial charge in [0.1, 0.15) is 5.78 Å². The number of unbranched alkanes of at least 4 members (excludes halogenated alkanes) is 1. The highest BCUT2D eigenvalue weighted by Crippen LogP contribution is 2.20. The number of ketones is 1. The molecule has 1 aromatic rings. The van der Waals surface area contributed by atoms with E-state index >= 15 is 0 Å². The van der Waals surface area contributed by atoms with Crippen molar-refractivity contribution in [1.29, 1.82) is 0 Å². The Hall–Kier alpha value is -1.24. The summed E-state index contributed by atoms with van der Waals surface area (Å²) >= 11 is 0. The van der Waals surface area contributed by atoms with Gasteiger partial charge in [-0.1, -0.05) is 44.9 Å². The van der Waals surface area contributed by atoms with Crippen LogP contribution in [0.5, 0.6) is 0 Å². The molecule has 0 aliphatic carbocycles. The molecule has 136 valence electrons. The summed E-state index contributed by atoms with van der Waals surface area (Å²) in [6.07, 6.45) is 2.42. The number of hydrogen-bond donors (Lipinski definition) is 2. The molecule has 1 aromatic carbocycles. The molecule has 0 radical (unpaired) electrons. The molecule has 0 aromatic heterocycles. The van der Waals surface area contributed by atoms with Crippen LogP contribution in [0.1, 0.15) is 52.0 Å². The highest BCUT2D eigenvalue weighted by Gasteiger charge is 2.20. The van der Waals surface area contributed by atoms with Crippen LogP contribution in [-0.2, 0) is 14.8 Å². The fourth-order valence-corrected chi connectivity index (χ4v) is 3.39. The Morgan fingerprint density at radius 2 is 1.75 bits per heavy atom. The first-order chi connectivity index (χ1) is 11.0. The number of aryl methyl sites for hydroxylation is 1. The van der Waals surface area contributed by atoms with Crippen LogP contribution in [0.3, 0.4) is 0 Å². The SMILES string of the molecule is Cc1ccc(S(=O)(=O)NCCCCC(N)C(=O)CC(C)(C)C)cc1. The van der Waals surface area contributed by atoms with E-state index in [0.29, 0.717) is 32.2 Å². The highest BCUT2D eigenvalue weighted by molar-refractivity contribution is 7.89. The minimum Gasteiger partial charge on any atom is -0.322 e. The second kappa shape index (κ2) is 8.74. The first-order valence-electron chi connectivity index (χ1n) is 8.36. The number of nitrogens with two attached hydrogens (primary N) is 1. The second-order valence-corrected chi connectivity index (χ2v) is 9.28. The molecular weight excluding hydrogens is 324 g/mol. The molecule has 1 rings (SSSR count). The number of Topliss-reactive ketones (excluding diaryl/α,β-unsaturated/α-hetero) is 1. The molecule has 0 bridgehead atoms. The molecule has 0 aliphatic heterocycles. The first kappa shape index (κ1) is 20.8. The predicted octanol–water partition coefficient (Wildman–Crippen LogP) is 2.78. The lowest BCUT2D eigenvalue weighted by Crippen LogP contribution is -2.33. The lowest BCUT2D eigenvalue weighted by molar-refractivity contribution is -0.122. The molecule has 0 saturated carbocycles. The summed E-state index contributed by atoms with van der Waals surface area (Å²) in [6.45, 7) is 8.29. The first-order valence-corrected chi connectivity index (χ1v) is 9.84. The van der Waals surface area contributed by atoms with Crippen LogP contribution in [0.15, 0.2) is 29.2 Å². The summed E-state index contributed by atoms with van der Waals surface area (Å²) in [5, 5.41) is 0. The van der Waals surface area contributed by atoms with Gasteiger partial charge in [-0.3, -0.25) is 4.79 Å². The Balaban J connectivity index is 2.33. The Labute approximate surface area is 146 Å². The van der Waals surface area contributed by atoms with E-state index in [0.717, 1.165) is 5.56 Å². The van der Waals surface area contributed by atoms with E-state index in [9.17, 15) is 13.2 Å². The number of benzene rings is 1. The van der Waals surface area contributed by atoms with E-state index in [2.05, 4.69) is 4.72 Å². The third-order valence-electron chi connectivity index (χ3n) is 3.68. The highest BCUT2D eigenvalue weighted by atomic mass is 32.2. The summed E-state index contributed by atoms with van der Waals surface area (Å²) in [7, 11) is -3.47. The van der Waals surface area contributed by atoms with Crippen molar-refractivity contribution in [3.63, 3.8) is 0 Å². The minimum atomic E-state index is -3.47. The summed E-state index contributed by atoms with van der Waals surface area (Å²) in [6, 6.07) is 6.28. The molecule has 24 heavy (non-hydrogen) atoms. The zero-order chi connectivity index (χ0) is 18.4. The summed E-state index contributed by atoms with van der Waals surface area (Å²) in [4.78, 5) is 12.2. The average molecular weight is 355 g/mol. The Bertz CT molecular complexity index is 631. The van der Waals surface area contributed by atoms with Gasteiger partial charge in [0.2, 0.25) is 10.0 Å². The lowest BCUT2D eigenvalue weighted by Gasteiger charge is -2.19. The van der Waals surface area contributed by atoms with Crippen molar-refractivity contribution in [3.05, 3.63) is 29.8 Å². The van der Waals surface area contributed by atoms with Gasteiger partial charge < -0.3 is 5.73 Å². The molecular formula is C18H30N2O3S. The van der Waals surface area contributed by atoms with Crippen molar-refractivity contribution in [1.82, 2.24) is 4.72 Å². The van der Waals surface area contributed by atoms with E-state index in [1.165, 1.54) is 0 Å². The summed E-state index contributed by atoms with van der Waals surface area (Å²) in [5.74, 6) is 0.0720. The number of carbonyl (C=O) groups excluding carboxylic acids is 1. The number of sulfonamides is 1. The number of rotatable bonds is 9. The number of hydrogen-bond acceptors (Lipinski definition) is 4. The molecule has 0 fully saturated rings. The largest absolute Gasteiger partial charge is 0.322 e. The van der Waals surface area contributed by atoms with Crippen LogP contribution in [0, 0.1) is 12.3 Å². The minimum absolute atomic E-state index is 0.0572. The van der Waals surface area contributed by atoms with Crippen LogP contribution >= 0.6 is 0 Å². The maximum atomic E-state index is 12.1.